The fourth-order valence-corrected chi connectivity index (χ4v) is 1.30. The molecule has 0 radical (unpaired) electrons. The van der Waals surface area contributed by atoms with Crippen molar-refractivity contribution in [1.82, 2.24) is 15.0 Å². The summed E-state index contributed by atoms with van der Waals surface area (Å²) < 4.78 is 0. The Hall–Kier alpha value is -2.68. The van der Waals surface area contributed by atoms with Crippen LogP contribution in [-0.4, -0.2) is 15.0 Å². The third-order valence-corrected chi connectivity index (χ3v) is 2.07. The molecule has 0 unspecified atom stereocenters. The van der Waals surface area contributed by atoms with Gasteiger partial charge in [-0.05, 0) is 18.2 Å². The van der Waals surface area contributed by atoms with Gasteiger partial charge in [-0.1, -0.05) is 0 Å². The maximum absolute atomic E-state index is 8.88. The first-order chi connectivity index (χ1) is 8.29. The zero-order valence-electron chi connectivity index (χ0n) is 8.96. The number of nitrogens with two attached hydrogens (primary N) is 1. The lowest BCUT2D eigenvalue weighted by Gasteiger charge is -2.05. The van der Waals surface area contributed by atoms with Crippen LogP contribution in [0.25, 0.3) is 0 Å². The van der Waals surface area contributed by atoms with Crippen LogP contribution >= 0.6 is 0 Å². The van der Waals surface area contributed by atoms with Crippen molar-refractivity contribution in [3.05, 3.63) is 42.0 Å². The van der Waals surface area contributed by atoms with Gasteiger partial charge in [0.15, 0.2) is 0 Å². The summed E-state index contributed by atoms with van der Waals surface area (Å²) in [4.78, 5) is 12.1. The number of anilines is 2. The summed E-state index contributed by atoms with van der Waals surface area (Å²) in [6.07, 6.45) is 3.20. The van der Waals surface area contributed by atoms with Gasteiger partial charge in [-0.15, -0.1) is 0 Å². The van der Waals surface area contributed by atoms with Crippen molar-refractivity contribution < 1.29 is 0 Å². The van der Waals surface area contributed by atoms with Gasteiger partial charge in [-0.25, -0.2) is 15.0 Å². The number of nitrogens with one attached hydrogen (secondary N) is 1. The Kier molecular flexibility index (Phi) is 3.12. The first-order valence-electron chi connectivity index (χ1n) is 4.96. The fourth-order valence-electron chi connectivity index (χ4n) is 1.30. The molecule has 2 heterocycles. The highest BCUT2D eigenvalue weighted by Crippen LogP contribution is 2.10. The van der Waals surface area contributed by atoms with Crippen molar-refractivity contribution in [1.29, 1.82) is 5.26 Å². The van der Waals surface area contributed by atoms with Gasteiger partial charge in [-0.2, -0.15) is 5.26 Å². The van der Waals surface area contributed by atoms with E-state index in [2.05, 4.69) is 26.3 Å². The third-order valence-electron chi connectivity index (χ3n) is 2.07. The minimum absolute atomic E-state index is 0.372. The molecule has 0 aliphatic heterocycles. The SMILES string of the molecule is N#Cc1cccnc1NCc1nccc(N)n1. The van der Waals surface area contributed by atoms with E-state index in [4.69, 9.17) is 11.0 Å². The molecule has 0 aliphatic carbocycles. The Balaban J connectivity index is 2.10. The second kappa shape index (κ2) is 4.90. The van der Waals surface area contributed by atoms with Gasteiger partial charge in [0.1, 0.15) is 23.5 Å². The van der Waals surface area contributed by atoms with Gasteiger partial charge < -0.3 is 11.1 Å². The number of rotatable bonds is 3. The van der Waals surface area contributed by atoms with Crippen LogP contribution in [0.3, 0.4) is 0 Å². The summed E-state index contributed by atoms with van der Waals surface area (Å²) in [6, 6.07) is 7.07. The van der Waals surface area contributed by atoms with Crippen molar-refractivity contribution in [2.45, 2.75) is 6.54 Å². The average molecular weight is 226 g/mol. The lowest BCUT2D eigenvalue weighted by Crippen LogP contribution is -2.07. The molecular weight excluding hydrogens is 216 g/mol. The van der Waals surface area contributed by atoms with Gasteiger partial charge in [-0.3, -0.25) is 0 Å². The highest BCUT2D eigenvalue weighted by atomic mass is 15.0. The van der Waals surface area contributed by atoms with Crippen molar-refractivity contribution in [2.75, 3.05) is 11.1 Å². The zero-order chi connectivity index (χ0) is 12.1. The molecule has 0 amide bonds. The molecule has 2 rings (SSSR count). The highest BCUT2D eigenvalue weighted by Gasteiger charge is 2.03. The first-order valence-corrected chi connectivity index (χ1v) is 4.96. The average Bonchev–Trinajstić information content (AvgIpc) is 2.37. The second-order valence-corrected chi connectivity index (χ2v) is 3.26. The van der Waals surface area contributed by atoms with Gasteiger partial charge >= 0.3 is 0 Å². The monoisotopic (exact) mass is 226 g/mol. The fraction of sp³-hybridized carbons (Fsp3) is 0.0909. The molecule has 2 aromatic heterocycles. The molecule has 0 aliphatic rings. The number of aromatic nitrogens is 3. The van der Waals surface area contributed by atoms with Crippen LogP contribution in [0, 0.1) is 11.3 Å². The van der Waals surface area contributed by atoms with E-state index in [-0.39, 0.29) is 0 Å². The van der Waals surface area contributed by atoms with E-state index in [0.717, 1.165) is 0 Å². The number of nitrogen functional groups attached to an aromatic ring is 1. The predicted octanol–water partition coefficient (Wildman–Crippen LogP) is 0.938. The maximum atomic E-state index is 8.88. The largest absolute Gasteiger partial charge is 0.384 e. The normalized spacial score (nSPS) is 9.59. The van der Waals surface area contributed by atoms with Gasteiger partial charge in [0.25, 0.3) is 0 Å². The number of pyridine rings is 1. The molecule has 0 saturated heterocycles. The summed E-state index contributed by atoms with van der Waals surface area (Å²) in [7, 11) is 0. The number of nitrogens with zero attached hydrogens (tertiary/aromatic N) is 4. The van der Waals surface area contributed by atoms with E-state index in [1.54, 1.807) is 30.6 Å². The molecule has 17 heavy (non-hydrogen) atoms. The number of nitriles is 1. The minimum Gasteiger partial charge on any atom is -0.384 e. The van der Waals surface area contributed by atoms with E-state index in [1.165, 1.54) is 0 Å². The molecular formula is C11H10N6. The predicted molar refractivity (Wildman–Crippen MR) is 62.7 cm³/mol. The second-order valence-electron chi connectivity index (χ2n) is 3.26. The van der Waals surface area contributed by atoms with E-state index >= 15 is 0 Å². The molecule has 0 saturated carbocycles. The summed E-state index contributed by atoms with van der Waals surface area (Å²) in [6.45, 7) is 0.372. The van der Waals surface area contributed by atoms with Crippen LogP contribution in [-0.2, 0) is 6.54 Å². The quantitative estimate of drug-likeness (QED) is 0.807. The standard InChI is InChI=1S/C11H10N6/c12-6-8-2-1-4-15-11(8)16-7-10-14-5-3-9(13)17-10/h1-5H,7H2,(H,15,16)(H2,13,14,17). The summed E-state index contributed by atoms with van der Waals surface area (Å²) >= 11 is 0. The van der Waals surface area contributed by atoms with E-state index in [0.29, 0.717) is 29.6 Å². The van der Waals surface area contributed by atoms with Crippen LogP contribution in [0.15, 0.2) is 30.6 Å². The van der Waals surface area contributed by atoms with Crippen molar-refractivity contribution in [3.8, 4) is 6.07 Å². The smallest absolute Gasteiger partial charge is 0.149 e. The van der Waals surface area contributed by atoms with Crippen LogP contribution in [0.1, 0.15) is 11.4 Å². The zero-order valence-corrected chi connectivity index (χ0v) is 8.96. The van der Waals surface area contributed by atoms with Gasteiger partial charge in [0.2, 0.25) is 0 Å². The molecule has 0 fully saturated rings. The number of hydrogen-bond acceptors (Lipinski definition) is 6. The maximum Gasteiger partial charge on any atom is 0.149 e. The van der Waals surface area contributed by atoms with E-state index < -0.39 is 0 Å². The lowest BCUT2D eigenvalue weighted by molar-refractivity contribution is 0.945. The molecule has 84 valence electrons. The molecule has 6 heteroatoms. The molecule has 3 N–H and O–H groups in total. The number of hydrogen-bond donors (Lipinski definition) is 2. The van der Waals surface area contributed by atoms with E-state index in [1.807, 2.05) is 0 Å². The first kappa shape index (κ1) is 10.8. The van der Waals surface area contributed by atoms with Crippen LogP contribution in [0.2, 0.25) is 0 Å². The lowest BCUT2D eigenvalue weighted by atomic mass is 10.3. The van der Waals surface area contributed by atoms with Crippen LogP contribution in [0.4, 0.5) is 11.6 Å². The molecule has 0 aromatic carbocycles. The van der Waals surface area contributed by atoms with Crippen LogP contribution in [0.5, 0.6) is 0 Å². The topological polar surface area (TPSA) is 101 Å². The minimum atomic E-state index is 0.372. The summed E-state index contributed by atoms with van der Waals surface area (Å²) in [5.41, 5.74) is 6.02. The van der Waals surface area contributed by atoms with Crippen molar-refractivity contribution in [2.24, 2.45) is 0 Å². The van der Waals surface area contributed by atoms with E-state index in [9.17, 15) is 0 Å². The Morgan fingerprint density at radius 1 is 1.29 bits per heavy atom. The molecule has 2 aromatic rings. The Bertz CT molecular complexity index is 560. The Morgan fingerprint density at radius 2 is 2.18 bits per heavy atom. The summed E-state index contributed by atoms with van der Waals surface area (Å²) in [5, 5.41) is 11.9. The van der Waals surface area contributed by atoms with Crippen molar-refractivity contribution >= 4 is 11.6 Å². The summed E-state index contributed by atoms with van der Waals surface area (Å²) in [5.74, 6) is 1.49. The van der Waals surface area contributed by atoms with Gasteiger partial charge in [0, 0.05) is 12.4 Å². The van der Waals surface area contributed by atoms with Gasteiger partial charge in [0.05, 0.1) is 12.1 Å². The molecule has 0 atom stereocenters. The van der Waals surface area contributed by atoms with Crippen LogP contribution < -0.4 is 11.1 Å². The molecule has 0 bridgehead atoms. The highest BCUT2D eigenvalue weighted by molar-refractivity contribution is 5.51. The molecule has 6 nitrogen and oxygen atoms in total. The van der Waals surface area contributed by atoms with Crippen molar-refractivity contribution in [3.63, 3.8) is 0 Å². The Morgan fingerprint density at radius 3 is 2.94 bits per heavy atom. The third kappa shape index (κ3) is 2.66. The molecule has 0 spiro atoms. The Labute approximate surface area is 98.2 Å².